The Morgan fingerprint density at radius 3 is 2.52 bits per heavy atom. The van der Waals surface area contributed by atoms with Crippen molar-refractivity contribution in [1.82, 2.24) is 9.97 Å². The molecule has 0 aliphatic heterocycles. The average molecular weight is 308 g/mol. The molecule has 7 nitrogen and oxygen atoms in total. The zero-order valence-electron chi connectivity index (χ0n) is 11.9. The molecule has 0 spiro atoms. The second-order valence-electron chi connectivity index (χ2n) is 4.52. The summed E-state index contributed by atoms with van der Waals surface area (Å²) in [6.45, 7) is 3.54. The van der Waals surface area contributed by atoms with E-state index in [2.05, 4.69) is 14.7 Å². The van der Waals surface area contributed by atoms with E-state index in [4.69, 9.17) is 10.5 Å². The number of nitrogens with zero attached hydrogens (tertiary/aromatic N) is 2. The molecule has 0 unspecified atom stereocenters. The van der Waals surface area contributed by atoms with Crippen LogP contribution >= 0.6 is 0 Å². The first kappa shape index (κ1) is 15.0. The van der Waals surface area contributed by atoms with Gasteiger partial charge in [-0.25, -0.2) is 18.1 Å². The van der Waals surface area contributed by atoms with Crippen LogP contribution in [0.3, 0.4) is 0 Å². The van der Waals surface area contributed by atoms with E-state index >= 15 is 0 Å². The van der Waals surface area contributed by atoms with E-state index in [-0.39, 0.29) is 22.4 Å². The van der Waals surface area contributed by atoms with Gasteiger partial charge in [-0.15, -0.1) is 0 Å². The van der Waals surface area contributed by atoms with E-state index in [1.807, 2.05) is 6.92 Å². The molecule has 1 aromatic carbocycles. The van der Waals surface area contributed by atoms with Crippen molar-refractivity contribution in [2.24, 2.45) is 0 Å². The number of aryl methyl sites for hydroxylation is 2. The number of rotatable bonds is 4. The Balaban J connectivity index is 2.39. The molecular weight excluding hydrogens is 292 g/mol. The summed E-state index contributed by atoms with van der Waals surface area (Å²) in [6.07, 6.45) is 0. The van der Waals surface area contributed by atoms with Gasteiger partial charge in [-0.3, -0.25) is 0 Å². The number of ether oxygens (including phenoxy) is 1. The summed E-state index contributed by atoms with van der Waals surface area (Å²) >= 11 is 0. The zero-order valence-corrected chi connectivity index (χ0v) is 12.7. The van der Waals surface area contributed by atoms with E-state index in [9.17, 15) is 8.42 Å². The summed E-state index contributed by atoms with van der Waals surface area (Å²) in [7, 11) is -2.42. The molecule has 2 aromatic rings. The molecule has 0 aliphatic carbocycles. The fraction of sp³-hybridized carbons (Fsp3) is 0.231. The van der Waals surface area contributed by atoms with Gasteiger partial charge in [0.25, 0.3) is 10.0 Å². The Bertz CT molecular complexity index is 775. The molecule has 0 amide bonds. The fourth-order valence-electron chi connectivity index (χ4n) is 1.78. The smallest absolute Gasteiger partial charge is 0.266 e. The summed E-state index contributed by atoms with van der Waals surface area (Å²) < 4.78 is 32.0. The van der Waals surface area contributed by atoms with E-state index in [0.717, 1.165) is 5.56 Å². The quantitative estimate of drug-likeness (QED) is 0.829. The predicted octanol–water partition coefficient (Wildman–Crippen LogP) is 1.49. The van der Waals surface area contributed by atoms with Crippen molar-refractivity contribution in [3.63, 3.8) is 0 Å². The van der Waals surface area contributed by atoms with Crippen molar-refractivity contribution in [3.8, 4) is 5.88 Å². The molecule has 0 aliphatic rings. The van der Waals surface area contributed by atoms with E-state index in [1.54, 1.807) is 25.1 Å². The highest BCUT2D eigenvalue weighted by Gasteiger charge is 2.19. The zero-order chi connectivity index (χ0) is 15.6. The number of nitrogens with two attached hydrogens (primary N) is 1. The second-order valence-corrected chi connectivity index (χ2v) is 6.17. The Labute approximate surface area is 123 Å². The minimum atomic E-state index is -3.86. The largest absolute Gasteiger partial charge is 0.481 e. The Morgan fingerprint density at radius 1 is 1.19 bits per heavy atom. The topological polar surface area (TPSA) is 107 Å². The Hall–Kier alpha value is -2.35. The number of nitrogens with one attached hydrogen (secondary N) is 1. The van der Waals surface area contributed by atoms with Gasteiger partial charge in [0.05, 0.1) is 12.8 Å². The molecular formula is C13H16N4O3S. The maximum Gasteiger partial charge on any atom is 0.266 e. The number of benzene rings is 1. The van der Waals surface area contributed by atoms with Crippen LogP contribution in [0.1, 0.15) is 11.3 Å². The molecule has 3 N–H and O–H groups in total. The van der Waals surface area contributed by atoms with Gasteiger partial charge in [-0.1, -0.05) is 6.07 Å². The highest BCUT2D eigenvalue weighted by Crippen LogP contribution is 2.22. The lowest BCUT2D eigenvalue weighted by atomic mass is 10.2. The summed E-state index contributed by atoms with van der Waals surface area (Å²) in [4.78, 5) is 7.95. The summed E-state index contributed by atoms with van der Waals surface area (Å²) in [5.41, 5.74) is 7.39. The van der Waals surface area contributed by atoms with Crippen molar-refractivity contribution >= 4 is 21.7 Å². The van der Waals surface area contributed by atoms with Crippen LogP contribution in [0.15, 0.2) is 29.2 Å². The number of sulfonamides is 1. The predicted molar refractivity (Wildman–Crippen MR) is 79.7 cm³/mol. The van der Waals surface area contributed by atoms with E-state index in [0.29, 0.717) is 5.69 Å². The third-order valence-corrected chi connectivity index (χ3v) is 4.12. The highest BCUT2D eigenvalue weighted by molar-refractivity contribution is 7.92. The summed E-state index contributed by atoms with van der Waals surface area (Å²) in [6, 6.07) is 6.30. The van der Waals surface area contributed by atoms with Crippen LogP contribution in [0.5, 0.6) is 5.88 Å². The molecule has 1 aromatic heterocycles. The molecule has 21 heavy (non-hydrogen) atoms. The maximum atomic E-state index is 12.3. The van der Waals surface area contributed by atoms with Gasteiger partial charge in [0, 0.05) is 11.8 Å². The van der Waals surface area contributed by atoms with Gasteiger partial charge < -0.3 is 10.5 Å². The SMILES string of the molecule is COc1cc(C)nc(NS(=O)(=O)c2ccc(C)cc2N)n1. The average Bonchev–Trinajstić information content (AvgIpc) is 2.36. The standard InChI is InChI=1S/C13H16N4O3S/c1-8-4-5-11(10(14)6-8)21(18,19)17-13-15-9(2)7-12(16-13)20-3/h4-7H,14H2,1-3H3,(H,15,16,17). The summed E-state index contributed by atoms with van der Waals surface area (Å²) in [5, 5.41) is 0. The number of methoxy groups -OCH3 is 1. The number of aromatic nitrogens is 2. The van der Waals surface area contributed by atoms with Crippen molar-refractivity contribution in [2.45, 2.75) is 18.7 Å². The first-order valence-corrected chi connectivity index (χ1v) is 7.59. The molecule has 2 rings (SSSR count). The first-order chi connectivity index (χ1) is 9.81. The van der Waals surface area contributed by atoms with Crippen LogP contribution in [0.2, 0.25) is 0 Å². The van der Waals surface area contributed by atoms with Crippen LogP contribution in [-0.2, 0) is 10.0 Å². The number of hydrogen-bond acceptors (Lipinski definition) is 6. The first-order valence-electron chi connectivity index (χ1n) is 6.10. The second kappa shape index (κ2) is 5.57. The number of nitrogen functional groups attached to an aromatic ring is 1. The number of anilines is 2. The third kappa shape index (κ3) is 3.40. The van der Waals surface area contributed by atoms with Gasteiger partial charge in [0.2, 0.25) is 11.8 Å². The lowest BCUT2D eigenvalue weighted by molar-refractivity contribution is 0.397. The van der Waals surface area contributed by atoms with Gasteiger partial charge in [0.1, 0.15) is 4.90 Å². The molecule has 0 atom stereocenters. The van der Waals surface area contributed by atoms with Gasteiger partial charge in [-0.2, -0.15) is 4.98 Å². The van der Waals surface area contributed by atoms with Crippen molar-refractivity contribution in [3.05, 3.63) is 35.5 Å². The van der Waals surface area contributed by atoms with Gasteiger partial charge >= 0.3 is 0 Å². The molecule has 1 heterocycles. The molecule has 112 valence electrons. The highest BCUT2D eigenvalue weighted by atomic mass is 32.2. The minimum Gasteiger partial charge on any atom is -0.481 e. The Kier molecular flexibility index (Phi) is 3.99. The molecule has 0 fully saturated rings. The maximum absolute atomic E-state index is 12.3. The number of hydrogen-bond donors (Lipinski definition) is 2. The third-order valence-electron chi connectivity index (χ3n) is 2.72. The van der Waals surface area contributed by atoms with Crippen molar-refractivity contribution in [2.75, 3.05) is 17.6 Å². The monoisotopic (exact) mass is 308 g/mol. The molecule has 8 heteroatoms. The molecule has 0 saturated heterocycles. The summed E-state index contributed by atoms with van der Waals surface area (Å²) in [5.74, 6) is 0.212. The van der Waals surface area contributed by atoms with Crippen LogP contribution < -0.4 is 15.2 Å². The van der Waals surface area contributed by atoms with Crippen molar-refractivity contribution < 1.29 is 13.2 Å². The van der Waals surface area contributed by atoms with Crippen LogP contribution in [0.25, 0.3) is 0 Å². The van der Waals surface area contributed by atoms with Crippen LogP contribution in [0.4, 0.5) is 11.6 Å². The lowest BCUT2D eigenvalue weighted by Gasteiger charge is -2.10. The van der Waals surface area contributed by atoms with Gasteiger partial charge in [-0.05, 0) is 31.5 Å². The normalized spacial score (nSPS) is 11.2. The Morgan fingerprint density at radius 2 is 1.90 bits per heavy atom. The fourth-order valence-corrected chi connectivity index (χ4v) is 2.84. The van der Waals surface area contributed by atoms with Gasteiger partial charge in [0.15, 0.2) is 0 Å². The van der Waals surface area contributed by atoms with Crippen LogP contribution in [0, 0.1) is 13.8 Å². The molecule has 0 saturated carbocycles. The molecule has 0 radical (unpaired) electrons. The van der Waals surface area contributed by atoms with Crippen LogP contribution in [-0.4, -0.2) is 25.5 Å². The van der Waals surface area contributed by atoms with Crippen molar-refractivity contribution in [1.29, 1.82) is 0 Å². The minimum absolute atomic E-state index is 0.0165. The molecule has 0 bridgehead atoms. The lowest BCUT2D eigenvalue weighted by Crippen LogP contribution is -2.17. The van der Waals surface area contributed by atoms with E-state index < -0.39 is 10.0 Å². The van der Waals surface area contributed by atoms with E-state index in [1.165, 1.54) is 13.2 Å².